The number of piperidine rings is 1. The molecule has 6 heteroatoms. The molecule has 3 aliphatic heterocycles. The molecule has 4 heterocycles. The summed E-state index contributed by atoms with van der Waals surface area (Å²) in [6, 6.07) is 6.93. The molecule has 28 heavy (non-hydrogen) atoms. The number of amides is 1. The van der Waals surface area contributed by atoms with Gasteiger partial charge < -0.3 is 4.90 Å². The lowest BCUT2D eigenvalue weighted by atomic mass is 9.84. The van der Waals surface area contributed by atoms with E-state index in [-0.39, 0.29) is 11.7 Å². The van der Waals surface area contributed by atoms with Crippen molar-refractivity contribution in [3.8, 4) is 5.69 Å². The summed E-state index contributed by atoms with van der Waals surface area (Å²) in [5.41, 5.74) is 1.87. The van der Waals surface area contributed by atoms with Crippen LogP contribution >= 0.6 is 0 Å². The molecule has 6 rings (SSSR count). The van der Waals surface area contributed by atoms with Gasteiger partial charge in [0.05, 0.1) is 11.9 Å². The van der Waals surface area contributed by atoms with E-state index in [0.717, 1.165) is 56.7 Å². The number of halogens is 1. The molecule has 4 fully saturated rings. The number of carbonyl (C=O) groups is 1. The third-order valence-corrected chi connectivity index (χ3v) is 6.69. The fourth-order valence-electron chi connectivity index (χ4n) is 4.90. The van der Waals surface area contributed by atoms with E-state index in [0.29, 0.717) is 17.9 Å². The Balaban J connectivity index is 1.28. The van der Waals surface area contributed by atoms with Crippen molar-refractivity contribution in [2.24, 2.45) is 11.8 Å². The molecule has 4 aliphatic rings. The largest absolute Gasteiger partial charge is 0.341 e. The van der Waals surface area contributed by atoms with Crippen LogP contribution in [0.3, 0.4) is 0 Å². The Morgan fingerprint density at radius 1 is 1.14 bits per heavy atom. The Morgan fingerprint density at radius 3 is 2.82 bits per heavy atom. The highest BCUT2D eigenvalue weighted by Gasteiger charge is 2.39. The minimum atomic E-state index is -0.254. The normalized spacial score (nSPS) is 25.5. The second kappa shape index (κ2) is 7.32. The molecular weight excluding hydrogens is 355 g/mol. The smallest absolute Gasteiger partial charge is 0.225 e. The summed E-state index contributed by atoms with van der Waals surface area (Å²) in [5.74, 6) is 0.996. The van der Waals surface area contributed by atoms with Gasteiger partial charge in [0.25, 0.3) is 0 Å². The Morgan fingerprint density at radius 2 is 2.04 bits per heavy atom. The molecule has 0 spiro atoms. The molecule has 0 N–H and O–H groups in total. The molecule has 3 saturated heterocycles. The van der Waals surface area contributed by atoms with E-state index in [1.54, 1.807) is 10.7 Å². The van der Waals surface area contributed by atoms with Gasteiger partial charge in [0.2, 0.25) is 5.91 Å². The van der Waals surface area contributed by atoms with Crippen molar-refractivity contribution in [1.82, 2.24) is 19.6 Å². The van der Waals surface area contributed by atoms with Gasteiger partial charge in [0, 0.05) is 49.9 Å². The van der Waals surface area contributed by atoms with Gasteiger partial charge in [-0.15, -0.1) is 0 Å². The fraction of sp³-hybridized carbons (Fsp3) is 0.545. The predicted octanol–water partition coefficient (Wildman–Crippen LogP) is 3.23. The second-order valence-corrected chi connectivity index (χ2v) is 8.67. The Bertz CT molecular complexity index is 862. The van der Waals surface area contributed by atoms with Gasteiger partial charge in [-0.1, -0.05) is 12.5 Å². The van der Waals surface area contributed by atoms with E-state index in [2.05, 4.69) is 14.9 Å². The molecule has 1 aromatic heterocycles. The molecule has 5 nitrogen and oxygen atoms in total. The number of nitrogens with zero attached hydrogens (tertiary/aromatic N) is 4. The number of fused-ring (bicyclic) bond motifs is 4. The van der Waals surface area contributed by atoms with Crippen molar-refractivity contribution in [3.05, 3.63) is 48.0 Å². The summed E-state index contributed by atoms with van der Waals surface area (Å²) in [5, 5.41) is 4.42. The number of aromatic nitrogens is 2. The maximum absolute atomic E-state index is 13.5. The zero-order valence-corrected chi connectivity index (χ0v) is 16.1. The van der Waals surface area contributed by atoms with Crippen LogP contribution in [0, 0.1) is 17.7 Å². The first-order valence-electron chi connectivity index (χ1n) is 10.5. The molecule has 1 aromatic carbocycles. The van der Waals surface area contributed by atoms with Crippen molar-refractivity contribution in [1.29, 1.82) is 0 Å². The molecule has 148 valence electrons. The summed E-state index contributed by atoms with van der Waals surface area (Å²) in [7, 11) is 0. The highest BCUT2D eigenvalue weighted by molar-refractivity contribution is 5.79. The topological polar surface area (TPSA) is 41.4 Å². The van der Waals surface area contributed by atoms with Gasteiger partial charge >= 0.3 is 0 Å². The van der Waals surface area contributed by atoms with Gasteiger partial charge in [0.15, 0.2) is 0 Å². The van der Waals surface area contributed by atoms with E-state index >= 15 is 0 Å². The molecule has 0 unspecified atom stereocenters. The third kappa shape index (κ3) is 3.46. The van der Waals surface area contributed by atoms with Crippen LogP contribution in [0.4, 0.5) is 4.39 Å². The molecule has 2 aromatic rings. The number of carbonyl (C=O) groups excluding carboxylic acids is 1. The van der Waals surface area contributed by atoms with E-state index < -0.39 is 0 Å². The number of rotatable bonds is 4. The van der Waals surface area contributed by atoms with Gasteiger partial charge in [0.1, 0.15) is 5.82 Å². The SMILES string of the molecule is O=C(C1CCC1)N1C[C@@H]2CC[C@H](C1)N(Cc1cnn(-c3cccc(F)c3)c1)C2. The fourth-order valence-corrected chi connectivity index (χ4v) is 4.90. The molecule has 1 aliphatic carbocycles. The van der Waals surface area contributed by atoms with Crippen molar-refractivity contribution < 1.29 is 9.18 Å². The minimum absolute atomic E-state index is 0.254. The van der Waals surface area contributed by atoms with Crippen molar-refractivity contribution in [2.45, 2.75) is 44.7 Å². The number of benzene rings is 1. The lowest BCUT2D eigenvalue weighted by Crippen LogP contribution is -2.45. The van der Waals surface area contributed by atoms with Crippen molar-refractivity contribution in [2.75, 3.05) is 19.6 Å². The first-order valence-corrected chi connectivity index (χ1v) is 10.5. The monoisotopic (exact) mass is 382 g/mol. The average Bonchev–Trinajstić information content (AvgIpc) is 2.91. The zero-order valence-electron chi connectivity index (χ0n) is 16.1. The quantitative estimate of drug-likeness (QED) is 0.815. The van der Waals surface area contributed by atoms with Crippen molar-refractivity contribution >= 4 is 5.91 Å². The van der Waals surface area contributed by atoms with E-state index in [1.165, 1.54) is 25.0 Å². The van der Waals surface area contributed by atoms with Crippen LogP contribution in [0.5, 0.6) is 0 Å². The van der Waals surface area contributed by atoms with Crippen LogP contribution in [-0.4, -0.2) is 51.2 Å². The molecular formula is C22H27FN4O. The van der Waals surface area contributed by atoms with Crippen LogP contribution in [0.25, 0.3) is 5.69 Å². The standard InChI is InChI=1S/C22H27FN4O/c23-19-5-2-6-20(9-19)27-14-17(10-24-27)13-25-11-16-7-8-21(25)15-26(12-16)22(28)18-3-1-4-18/h2,5-6,9-10,14,16,18,21H,1,3-4,7-8,11-13,15H2/t16-,21-/m1/s1. The molecule has 0 radical (unpaired) electrons. The van der Waals surface area contributed by atoms with Gasteiger partial charge in [-0.2, -0.15) is 5.10 Å². The first-order chi connectivity index (χ1) is 13.7. The summed E-state index contributed by atoms with van der Waals surface area (Å²) in [4.78, 5) is 17.4. The van der Waals surface area contributed by atoms with Crippen LogP contribution < -0.4 is 0 Å². The highest BCUT2D eigenvalue weighted by Crippen LogP contribution is 2.33. The highest BCUT2D eigenvalue weighted by atomic mass is 19.1. The Labute approximate surface area is 165 Å². The third-order valence-electron chi connectivity index (χ3n) is 6.69. The van der Waals surface area contributed by atoms with Crippen LogP contribution in [0.15, 0.2) is 36.7 Å². The second-order valence-electron chi connectivity index (χ2n) is 8.67. The van der Waals surface area contributed by atoms with Crippen LogP contribution in [-0.2, 0) is 11.3 Å². The Hall–Kier alpha value is -2.21. The lowest BCUT2D eigenvalue weighted by Gasteiger charge is -2.36. The molecule has 1 amide bonds. The summed E-state index contributed by atoms with van der Waals surface area (Å²) in [6.45, 7) is 3.67. The van der Waals surface area contributed by atoms with Gasteiger partial charge in [-0.3, -0.25) is 9.69 Å². The first kappa shape index (κ1) is 17.9. The van der Waals surface area contributed by atoms with E-state index in [1.807, 2.05) is 18.5 Å². The van der Waals surface area contributed by atoms with E-state index in [4.69, 9.17) is 0 Å². The van der Waals surface area contributed by atoms with Gasteiger partial charge in [-0.25, -0.2) is 9.07 Å². The van der Waals surface area contributed by atoms with Gasteiger partial charge in [-0.05, 0) is 49.8 Å². The van der Waals surface area contributed by atoms with E-state index in [9.17, 15) is 9.18 Å². The molecule has 1 saturated carbocycles. The summed E-state index contributed by atoms with van der Waals surface area (Å²) < 4.78 is 15.2. The van der Waals surface area contributed by atoms with Crippen molar-refractivity contribution in [3.63, 3.8) is 0 Å². The molecule has 2 atom stereocenters. The predicted molar refractivity (Wildman–Crippen MR) is 104 cm³/mol. The average molecular weight is 382 g/mol. The summed E-state index contributed by atoms with van der Waals surface area (Å²) >= 11 is 0. The lowest BCUT2D eigenvalue weighted by molar-refractivity contribution is -0.138. The van der Waals surface area contributed by atoms with Crippen LogP contribution in [0.2, 0.25) is 0 Å². The Kier molecular flexibility index (Phi) is 4.67. The van der Waals surface area contributed by atoms with Crippen LogP contribution in [0.1, 0.15) is 37.7 Å². The maximum atomic E-state index is 13.5. The number of hydrogen-bond donors (Lipinski definition) is 0. The number of hydrogen-bond acceptors (Lipinski definition) is 3. The zero-order chi connectivity index (χ0) is 19.1. The maximum Gasteiger partial charge on any atom is 0.225 e. The molecule has 2 bridgehead atoms. The summed E-state index contributed by atoms with van der Waals surface area (Å²) in [6.07, 6.45) is 9.61. The minimum Gasteiger partial charge on any atom is -0.341 e.